The Labute approximate surface area is 172 Å². The first kappa shape index (κ1) is 18.9. The van der Waals surface area contributed by atoms with Crippen LogP contribution in [0.4, 0.5) is 11.5 Å². The van der Waals surface area contributed by atoms with Crippen LogP contribution in [0.25, 0.3) is 10.9 Å². The van der Waals surface area contributed by atoms with Crippen LogP contribution in [-0.4, -0.2) is 28.6 Å². The molecule has 5 rings (SSSR count). The summed E-state index contributed by atoms with van der Waals surface area (Å²) in [5.41, 5.74) is 2.39. The van der Waals surface area contributed by atoms with Gasteiger partial charge in [-0.15, -0.1) is 0 Å². The van der Waals surface area contributed by atoms with Gasteiger partial charge in [0.15, 0.2) is 0 Å². The van der Waals surface area contributed by atoms with Crippen LogP contribution in [0.15, 0.2) is 30.3 Å². The smallest absolute Gasteiger partial charge is 0.224 e. The number of amides is 1. The highest BCUT2D eigenvalue weighted by Crippen LogP contribution is 2.74. The first-order valence-corrected chi connectivity index (χ1v) is 11.0. The van der Waals surface area contributed by atoms with Crippen LogP contribution in [-0.2, 0) is 4.79 Å². The third-order valence-corrected chi connectivity index (χ3v) is 7.49. The molecule has 3 N–H and O–H groups in total. The van der Waals surface area contributed by atoms with Crippen molar-refractivity contribution in [2.45, 2.75) is 58.4 Å². The van der Waals surface area contributed by atoms with Crippen molar-refractivity contribution in [3.63, 3.8) is 0 Å². The number of rotatable bonds is 6. The average molecular weight is 394 g/mol. The third-order valence-electron chi connectivity index (χ3n) is 7.49. The van der Waals surface area contributed by atoms with Gasteiger partial charge in [-0.3, -0.25) is 4.79 Å². The van der Waals surface area contributed by atoms with Crippen molar-refractivity contribution >= 4 is 28.3 Å². The zero-order valence-corrected chi connectivity index (χ0v) is 17.4. The fourth-order valence-corrected chi connectivity index (χ4v) is 6.50. The molecular formula is C24H31N3O2. The van der Waals surface area contributed by atoms with E-state index in [0.717, 1.165) is 34.2 Å². The minimum atomic E-state index is -0.0556. The summed E-state index contributed by atoms with van der Waals surface area (Å²) < 4.78 is 0. The number of hydrogen-bond acceptors (Lipinski definition) is 4. The van der Waals surface area contributed by atoms with Crippen LogP contribution in [0.3, 0.4) is 0 Å². The Morgan fingerprint density at radius 2 is 2.14 bits per heavy atom. The molecule has 1 spiro atoms. The van der Waals surface area contributed by atoms with Crippen LogP contribution < -0.4 is 10.6 Å². The normalized spacial score (nSPS) is 33.2. The van der Waals surface area contributed by atoms with E-state index in [1.807, 2.05) is 37.3 Å². The number of fused-ring (bicyclic) bond motifs is 2. The van der Waals surface area contributed by atoms with Crippen molar-refractivity contribution in [2.75, 3.05) is 17.2 Å². The lowest BCUT2D eigenvalue weighted by atomic mass is 9.65. The number of anilines is 2. The fourth-order valence-electron chi connectivity index (χ4n) is 6.50. The lowest BCUT2D eigenvalue weighted by Gasteiger charge is -2.39. The summed E-state index contributed by atoms with van der Waals surface area (Å²) >= 11 is 0. The average Bonchev–Trinajstić information content (AvgIpc) is 3.21. The van der Waals surface area contributed by atoms with Gasteiger partial charge in [0.1, 0.15) is 5.82 Å². The van der Waals surface area contributed by atoms with Crippen molar-refractivity contribution in [2.24, 2.45) is 22.7 Å². The van der Waals surface area contributed by atoms with Gasteiger partial charge in [0.05, 0.1) is 17.8 Å². The van der Waals surface area contributed by atoms with Crippen LogP contribution >= 0.6 is 0 Å². The molecule has 2 bridgehead atoms. The molecule has 2 aromatic rings. The zero-order valence-electron chi connectivity index (χ0n) is 17.4. The van der Waals surface area contributed by atoms with E-state index < -0.39 is 0 Å². The van der Waals surface area contributed by atoms with Crippen LogP contribution in [0, 0.1) is 22.7 Å². The summed E-state index contributed by atoms with van der Waals surface area (Å²) in [6.07, 6.45) is 7.25. The Hall–Kier alpha value is -2.14. The van der Waals surface area contributed by atoms with E-state index >= 15 is 0 Å². The number of aromatic nitrogens is 1. The molecule has 1 aromatic heterocycles. The summed E-state index contributed by atoms with van der Waals surface area (Å²) in [4.78, 5) is 17.6. The third kappa shape index (κ3) is 3.50. The predicted molar refractivity (Wildman–Crippen MR) is 116 cm³/mol. The SMILES string of the molecule is CC(CO)Nc1ccc2c(NC(=O)CC3(C)CC4CC5CC5(C4)C3)cccc2n1. The zero-order chi connectivity index (χ0) is 20.2. The molecule has 5 nitrogen and oxygen atoms in total. The predicted octanol–water partition coefficient (Wildman–Crippen LogP) is 4.57. The number of nitrogens with one attached hydrogen (secondary N) is 2. The van der Waals surface area contributed by atoms with Crippen molar-refractivity contribution in [3.05, 3.63) is 30.3 Å². The van der Waals surface area contributed by atoms with Gasteiger partial charge in [-0.2, -0.15) is 0 Å². The number of aliphatic hydroxyl groups is 1. The maximum Gasteiger partial charge on any atom is 0.224 e. The number of carbonyl (C=O) groups is 1. The van der Waals surface area contributed by atoms with Gasteiger partial charge < -0.3 is 15.7 Å². The molecule has 29 heavy (non-hydrogen) atoms. The standard InChI is InChI=1S/C24H31N3O2/c1-15(13-28)25-21-7-6-18-19(26-21)4-3-5-20(18)27-22(29)12-23(2)9-16-8-17-11-24(17,10-16)14-23/h3-7,15-17,28H,8-14H2,1-2H3,(H,25,26)(H,27,29). The van der Waals surface area contributed by atoms with Crippen molar-refractivity contribution in [1.29, 1.82) is 0 Å². The van der Waals surface area contributed by atoms with Gasteiger partial charge in [0, 0.05) is 17.8 Å². The van der Waals surface area contributed by atoms with Gasteiger partial charge >= 0.3 is 0 Å². The van der Waals surface area contributed by atoms with E-state index in [4.69, 9.17) is 0 Å². The molecule has 1 heterocycles. The number of hydrogen-bond donors (Lipinski definition) is 3. The summed E-state index contributed by atoms with van der Waals surface area (Å²) in [6, 6.07) is 9.66. The van der Waals surface area contributed by atoms with Gasteiger partial charge in [-0.05, 0) is 86.0 Å². The Morgan fingerprint density at radius 3 is 2.93 bits per heavy atom. The maximum absolute atomic E-state index is 13.0. The first-order valence-electron chi connectivity index (χ1n) is 11.0. The van der Waals surface area contributed by atoms with Crippen LogP contribution in [0.1, 0.15) is 52.4 Å². The topological polar surface area (TPSA) is 74.2 Å². The number of carbonyl (C=O) groups excluding carboxylic acids is 1. The molecule has 0 radical (unpaired) electrons. The molecule has 3 aliphatic carbocycles. The maximum atomic E-state index is 13.0. The van der Waals surface area contributed by atoms with E-state index in [2.05, 4.69) is 22.5 Å². The Balaban J connectivity index is 1.30. The number of nitrogens with zero attached hydrogens (tertiary/aromatic N) is 1. The molecule has 5 unspecified atom stereocenters. The lowest BCUT2D eigenvalue weighted by molar-refractivity contribution is -0.119. The summed E-state index contributed by atoms with van der Waals surface area (Å²) in [5.74, 6) is 2.64. The molecule has 3 saturated carbocycles. The minimum absolute atomic E-state index is 0.0530. The highest BCUT2D eigenvalue weighted by Gasteiger charge is 2.65. The summed E-state index contributed by atoms with van der Waals surface area (Å²) in [5, 5.41) is 16.5. The second kappa shape index (κ2) is 6.69. The van der Waals surface area contributed by atoms with Crippen molar-refractivity contribution in [1.82, 2.24) is 4.98 Å². The van der Waals surface area contributed by atoms with Crippen LogP contribution in [0.5, 0.6) is 0 Å². The van der Waals surface area contributed by atoms with Gasteiger partial charge in [-0.25, -0.2) is 4.98 Å². The number of pyridine rings is 1. The van der Waals surface area contributed by atoms with Crippen LogP contribution in [0.2, 0.25) is 0 Å². The summed E-state index contributed by atoms with van der Waals surface area (Å²) in [6.45, 7) is 4.29. The van der Waals surface area contributed by atoms with E-state index in [-0.39, 0.29) is 24.0 Å². The Bertz CT molecular complexity index is 960. The van der Waals surface area contributed by atoms with E-state index in [1.54, 1.807) is 0 Å². The first-order chi connectivity index (χ1) is 13.9. The molecule has 1 amide bonds. The monoisotopic (exact) mass is 393 g/mol. The lowest BCUT2D eigenvalue weighted by Crippen LogP contribution is -2.33. The molecule has 5 heteroatoms. The number of aliphatic hydroxyl groups excluding tert-OH is 1. The van der Waals surface area contributed by atoms with E-state index in [0.29, 0.717) is 11.8 Å². The van der Waals surface area contributed by atoms with Gasteiger partial charge in [-0.1, -0.05) is 13.0 Å². The fraction of sp³-hybridized carbons (Fsp3) is 0.583. The largest absolute Gasteiger partial charge is 0.394 e. The molecule has 1 aromatic carbocycles. The summed E-state index contributed by atoms with van der Waals surface area (Å²) in [7, 11) is 0. The molecular weight excluding hydrogens is 362 g/mol. The quantitative estimate of drug-likeness (QED) is 0.672. The Kier molecular flexibility index (Phi) is 4.35. The van der Waals surface area contributed by atoms with E-state index in [1.165, 1.54) is 32.1 Å². The molecule has 5 atom stereocenters. The second-order valence-electron chi connectivity index (χ2n) is 10.3. The van der Waals surface area contributed by atoms with Crippen molar-refractivity contribution in [3.8, 4) is 0 Å². The molecule has 0 saturated heterocycles. The van der Waals surface area contributed by atoms with Crippen molar-refractivity contribution < 1.29 is 9.90 Å². The highest BCUT2D eigenvalue weighted by atomic mass is 16.3. The highest BCUT2D eigenvalue weighted by molar-refractivity contribution is 6.01. The molecule has 0 aliphatic heterocycles. The van der Waals surface area contributed by atoms with E-state index in [9.17, 15) is 9.90 Å². The minimum Gasteiger partial charge on any atom is -0.394 e. The van der Waals surface area contributed by atoms with Gasteiger partial charge in [0.2, 0.25) is 5.91 Å². The Morgan fingerprint density at radius 1 is 1.28 bits per heavy atom. The molecule has 3 fully saturated rings. The van der Waals surface area contributed by atoms with Gasteiger partial charge in [0.25, 0.3) is 0 Å². The number of benzene rings is 1. The molecule has 3 aliphatic rings. The second-order valence-corrected chi connectivity index (χ2v) is 10.3. The molecule has 154 valence electrons.